The van der Waals surface area contributed by atoms with E-state index in [1.807, 2.05) is 43.4 Å². The molecule has 0 bridgehead atoms. The minimum atomic E-state index is -0.469. The van der Waals surface area contributed by atoms with E-state index < -0.39 is 10.5 Å². The summed E-state index contributed by atoms with van der Waals surface area (Å²) >= 11 is 2.05. The third kappa shape index (κ3) is 6.30. The second kappa shape index (κ2) is 8.88. The van der Waals surface area contributed by atoms with Crippen molar-refractivity contribution < 1.29 is 19.2 Å². The van der Waals surface area contributed by atoms with E-state index in [4.69, 9.17) is 9.47 Å². The first kappa shape index (κ1) is 20.7. The Hall–Kier alpha value is -1.58. The lowest BCUT2D eigenvalue weighted by Crippen LogP contribution is -2.41. The van der Waals surface area contributed by atoms with Crippen LogP contribution in [-0.2, 0) is 4.74 Å². The Kier molecular flexibility index (Phi) is 7.08. The molecule has 1 fully saturated rings. The predicted molar refractivity (Wildman–Crippen MR) is 106 cm³/mol. The van der Waals surface area contributed by atoms with Gasteiger partial charge < -0.3 is 14.4 Å². The van der Waals surface area contributed by atoms with Crippen LogP contribution in [0.25, 0.3) is 0 Å². The summed E-state index contributed by atoms with van der Waals surface area (Å²) in [5, 5.41) is 10.8. The highest BCUT2D eigenvalue weighted by atomic mass is 127. The van der Waals surface area contributed by atoms with E-state index in [9.17, 15) is 14.9 Å². The van der Waals surface area contributed by atoms with Crippen LogP contribution in [0.4, 0.5) is 10.5 Å². The largest absolute Gasteiger partial charge is 0.492 e. The molecule has 1 aromatic carbocycles. The van der Waals surface area contributed by atoms with Crippen molar-refractivity contribution in [2.24, 2.45) is 5.92 Å². The second-order valence-corrected chi connectivity index (χ2v) is 8.58. The van der Waals surface area contributed by atoms with E-state index in [2.05, 4.69) is 0 Å². The van der Waals surface area contributed by atoms with E-state index in [0.29, 0.717) is 31.4 Å². The van der Waals surface area contributed by atoms with Gasteiger partial charge in [0.05, 0.1) is 15.1 Å². The minimum Gasteiger partial charge on any atom is -0.492 e. The van der Waals surface area contributed by atoms with Crippen LogP contribution in [0.5, 0.6) is 5.75 Å². The van der Waals surface area contributed by atoms with E-state index in [1.165, 1.54) is 12.1 Å². The Morgan fingerprint density at radius 1 is 1.35 bits per heavy atom. The molecule has 1 amide bonds. The predicted octanol–water partition coefficient (Wildman–Crippen LogP) is 4.62. The third-order valence-electron chi connectivity index (χ3n) is 4.18. The number of carbonyl (C=O) groups excluding carboxylic acids is 1. The molecule has 1 aromatic rings. The molecule has 0 atom stereocenters. The lowest BCUT2D eigenvalue weighted by molar-refractivity contribution is -0.385. The maximum Gasteiger partial charge on any atom is 0.410 e. The lowest BCUT2D eigenvalue weighted by Gasteiger charge is -2.33. The van der Waals surface area contributed by atoms with Gasteiger partial charge in [-0.3, -0.25) is 10.1 Å². The molecular weight excluding hydrogens is 451 g/mol. The number of likely N-dealkylation sites (tertiary alicyclic amines) is 1. The highest BCUT2D eigenvalue weighted by Crippen LogP contribution is 2.27. The van der Waals surface area contributed by atoms with Gasteiger partial charge in [0.15, 0.2) is 0 Å². The summed E-state index contributed by atoms with van der Waals surface area (Å²) in [5.41, 5.74) is -0.403. The van der Waals surface area contributed by atoms with Crippen LogP contribution < -0.4 is 4.74 Å². The molecule has 0 spiro atoms. The molecule has 26 heavy (non-hydrogen) atoms. The number of rotatable bonds is 5. The fourth-order valence-electron chi connectivity index (χ4n) is 2.79. The van der Waals surface area contributed by atoms with Crippen molar-refractivity contribution in [2.45, 2.75) is 45.6 Å². The Balaban J connectivity index is 1.74. The van der Waals surface area contributed by atoms with Crippen molar-refractivity contribution in [3.8, 4) is 5.75 Å². The van der Waals surface area contributed by atoms with Crippen LogP contribution >= 0.6 is 22.6 Å². The molecule has 0 saturated carbocycles. The number of halogens is 1. The molecule has 2 rings (SSSR count). The summed E-state index contributed by atoms with van der Waals surface area (Å²) in [6.45, 7) is 7.58. The van der Waals surface area contributed by atoms with Crippen molar-refractivity contribution in [2.75, 3.05) is 19.7 Å². The van der Waals surface area contributed by atoms with Gasteiger partial charge in [-0.15, -0.1) is 0 Å². The van der Waals surface area contributed by atoms with Crippen LogP contribution in [0, 0.1) is 19.6 Å². The van der Waals surface area contributed by atoms with Crippen LogP contribution in [0.2, 0.25) is 0 Å². The van der Waals surface area contributed by atoms with E-state index in [0.717, 1.165) is 22.8 Å². The molecule has 1 saturated heterocycles. The number of hydrogen-bond acceptors (Lipinski definition) is 5. The third-order valence-corrected chi connectivity index (χ3v) is 5.02. The summed E-state index contributed by atoms with van der Waals surface area (Å²) in [6.07, 6.45) is 2.52. The van der Waals surface area contributed by atoms with Crippen molar-refractivity contribution in [1.82, 2.24) is 4.90 Å². The first-order valence-electron chi connectivity index (χ1n) is 8.70. The molecule has 0 aromatic heterocycles. The van der Waals surface area contributed by atoms with Crippen molar-refractivity contribution in [3.63, 3.8) is 0 Å². The molecule has 0 radical (unpaired) electrons. The molecule has 8 heteroatoms. The topological polar surface area (TPSA) is 81.9 Å². The Morgan fingerprint density at radius 3 is 2.54 bits per heavy atom. The molecule has 0 aliphatic carbocycles. The number of nitro benzene ring substituents is 1. The molecule has 1 heterocycles. The highest BCUT2D eigenvalue weighted by Gasteiger charge is 2.26. The standard InChI is InChI=1S/C18H25IN2O5/c1-18(2,3)26-17(22)20-9-6-13(7-10-20)8-11-25-16-5-4-14(21(23)24)12-15(16)19/h4-5,12-13H,6-11H2,1-3H3. The second-order valence-electron chi connectivity index (χ2n) is 7.42. The van der Waals surface area contributed by atoms with Gasteiger partial charge in [0.2, 0.25) is 0 Å². The molecule has 1 aliphatic heterocycles. The fourth-order valence-corrected chi connectivity index (χ4v) is 3.44. The quantitative estimate of drug-likeness (QED) is 0.352. The smallest absolute Gasteiger partial charge is 0.410 e. The summed E-state index contributed by atoms with van der Waals surface area (Å²) in [5.74, 6) is 1.17. The number of non-ortho nitro benzene ring substituents is 1. The molecule has 144 valence electrons. The van der Waals surface area contributed by atoms with Gasteiger partial charge in [-0.2, -0.15) is 0 Å². The molecular formula is C18H25IN2O5. The number of ether oxygens (including phenoxy) is 2. The summed E-state index contributed by atoms with van der Waals surface area (Å²) in [4.78, 5) is 24.2. The highest BCUT2D eigenvalue weighted by molar-refractivity contribution is 14.1. The van der Waals surface area contributed by atoms with Crippen molar-refractivity contribution in [3.05, 3.63) is 31.9 Å². The monoisotopic (exact) mass is 476 g/mol. The van der Waals surface area contributed by atoms with Crippen molar-refractivity contribution >= 4 is 34.4 Å². The van der Waals surface area contributed by atoms with E-state index in [-0.39, 0.29) is 11.8 Å². The average Bonchev–Trinajstić information content (AvgIpc) is 2.55. The lowest BCUT2D eigenvalue weighted by atomic mass is 9.94. The van der Waals surface area contributed by atoms with E-state index >= 15 is 0 Å². The van der Waals surface area contributed by atoms with Gasteiger partial charge in [-0.05, 0) is 74.6 Å². The summed E-state index contributed by atoms with van der Waals surface area (Å²) in [7, 11) is 0. The Bertz CT molecular complexity index is 651. The first-order valence-corrected chi connectivity index (χ1v) is 9.78. The normalized spacial score (nSPS) is 15.6. The number of nitro groups is 1. The Labute approximate surface area is 167 Å². The summed E-state index contributed by atoms with van der Waals surface area (Å²) in [6, 6.07) is 4.61. The van der Waals surface area contributed by atoms with E-state index in [1.54, 1.807) is 11.0 Å². The zero-order valence-corrected chi connectivity index (χ0v) is 17.5. The maximum absolute atomic E-state index is 12.1. The maximum atomic E-state index is 12.1. The summed E-state index contributed by atoms with van der Waals surface area (Å²) < 4.78 is 11.9. The molecule has 1 aliphatic rings. The first-order chi connectivity index (χ1) is 12.2. The molecule has 0 N–H and O–H groups in total. The molecule has 0 unspecified atom stereocenters. The molecule has 7 nitrogen and oxygen atoms in total. The van der Waals surface area contributed by atoms with Crippen LogP contribution in [0.15, 0.2) is 18.2 Å². The van der Waals surface area contributed by atoms with Crippen LogP contribution in [0.1, 0.15) is 40.0 Å². The van der Waals surface area contributed by atoms with Crippen LogP contribution in [0.3, 0.4) is 0 Å². The SMILES string of the molecule is CC(C)(C)OC(=O)N1CCC(CCOc2ccc([N+](=O)[O-])cc2I)CC1. The number of benzene rings is 1. The zero-order valence-electron chi connectivity index (χ0n) is 15.4. The number of hydrogen-bond donors (Lipinski definition) is 0. The zero-order chi connectivity index (χ0) is 19.3. The number of carbonyl (C=O) groups is 1. The number of nitrogens with zero attached hydrogens (tertiary/aromatic N) is 2. The van der Waals surface area contributed by atoms with Gasteiger partial charge in [0.1, 0.15) is 11.4 Å². The van der Waals surface area contributed by atoms with Crippen molar-refractivity contribution in [1.29, 1.82) is 0 Å². The van der Waals surface area contributed by atoms with Gasteiger partial charge in [0, 0.05) is 25.2 Å². The average molecular weight is 476 g/mol. The van der Waals surface area contributed by atoms with Gasteiger partial charge in [-0.25, -0.2) is 4.79 Å². The van der Waals surface area contributed by atoms with Gasteiger partial charge >= 0.3 is 6.09 Å². The minimum absolute atomic E-state index is 0.0660. The number of piperidine rings is 1. The van der Waals surface area contributed by atoms with Crippen LogP contribution in [-0.4, -0.2) is 41.2 Å². The Morgan fingerprint density at radius 2 is 2.00 bits per heavy atom. The number of amides is 1. The van der Waals surface area contributed by atoms with Gasteiger partial charge in [0.25, 0.3) is 5.69 Å². The fraction of sp³-hybridized carbons (Fsp3) is 0.611. The van der Waals surface area contributed by atoms with Gasteiger partial charge in [-0.1, -0.05) is 0 Å².